The van der Waals surface area contributed by atoms with E-state index in [2.05, 4.69) is 18.3 Å². The van der Waals surface area contributed by atoms with E-state index in [1.807, 2.05) is 13.0 Å². The molecule has 0 aromatic rings. The van der Waals surface area contributed by atoms with Crippen LogP contribution in [0, 0.1) is 5.92 Å². The minimum Gasteiger partial charge on any atom is -0.396 e. The van der Waals surface area contributed by atoms with Crippen LogP contribution in [0.2, 0.25) is 0 Å². The molecule has 2 N–H and O–H groups in total. The fourth-order valence-corrected chi connectivity index (χ4v) is 1.43. The van der Waals surface area contributed by atoms with E-state index in [1.54, 1.807) is 0 Å². The lowest BCUT2D eigenvalue weighted by molar-refractivity contribution is 0.249. The fraction of sp³-hybridized carbons (Fsp3) is 0.818. The smallest absolute Gasteiger partial charge is 0.0434 e. The average molecular weight is 185 g/mol. The van der Waals surface area contributed by atoms with Gasteiger partial charge in [0, 0.05) is 13.2 Å². The van der Waals surface area contributed by atoms with Gasteiger partial charge < -0.3 is 10.4 Å². The summed E-state index contributed by atoms with van der Waals surface area (Å²) in [6.07, 6.45) is 7.51. The maximum atomic E-state index is 8.82. The second-order valence-corrected chi connectivity index (χ2v) is 3.39. The van der Waals surface area contributed by atoms with Crippen LogP contribution < -0.4 is 5.32 Å². The number of nitrogens with one attached hydrogen (secondary N) is 1. The predicted octanol–water partition coefficient (Wildman–Crippen LogP) is 1.95. The summed E-state index contributed by atoms with van der Waals surface area (Å²) in [6.45, 7) is 6.51. The highest BCUT2D eigenvalue weighted by Crippen LogP contribution is 2.08. The molecule has 0 heterocycles. The Kier molecular flexibility index (Phi) is 9.49. The van der Waals surface area contributed by atoms with Crippen molar-refractivity contribution < 1.29 is 5.11 Å². The third-order valence-electron chi connectivity index (χ3n) is 2.17. The maximum Gasteiger partial charge on any atom is 0.0434 e. The Bertz CT molecular complexity index is 117. The lowest BCUT2D eigenvalue weighted by atomic mass is 10.0. The quantitative estimate of drug-likeness (QED) is 0.447. The molecule has 0 aromatic carbocycles. The second kappa shape index (κ2) is 9.75. The molecular formula is C11H23NO. The zero-order valence-electron chi connectivity index (χ0n) is 8.92. The van der Waals surface area contributed by atoms with Crippen LogP contribution in [0.5, 0.6) is 0 Å². The summed E-state index contributed by atoms with van der Waals surface area (Å²) in [7, 11) is 0. The van der Waals surface area contributed by atoms with E-state index in [4.69, 9.17) is 5.11 Å². The number of hydrogen-bond donors (Lipinski definition) is 2. The van der Waals surface area contributed by atoms with Crippen molar-refractivity contribution in [3.05, 3.63) is 12.2 Å². The fourth-order valence-electron chi connectivity index (χ4n) is 1.43. The molecule has 0 radical (unpaired) electrons. The van der Waals surface area contributed by atoms with Crippen LogP contribution in [0.25, 0.3) is 0 Å². The molecule has 2 heteroatoms. The molecule has 78 valence electrons. The standard InChI is InChI=1S/C11H23NO/c1-3-5-8-12-10-11(6-4-2)7-9-13/h3,5,11-13H,4,6-10H2,1-2H3/b5-3+. The predicted molar refractivity (Wildman–Crippen MR) is 57.8 cm³/mol. The largest absolute Gasteiger partial charge is 0.396 e. The van der Waals surface area contributed by atoms with Crippen LogP contribution >= 0.6 is 0 Å². The van der Waals surface area contributed by atoms with Gasteiger partial charge in [0.2, 0.25) is 0 Å². The summed E-state index contributed by atoms with van der Waals surface area (Å²) in [4.78, 5) is 0. The topological polar surface area (TPSA) is 32.3 Å². The molecular weight excluding hydrogens is 162 g/mol. The van der Waals surface area contributed by atoms with Gasteiger partial charge in [0.15, 0.2) is 0 Å². The summed E-state index contributed by atoms with van der Waals surface area (Å²) < 4.78 is 0. The Morgan fingerprint density at radius 3 is 2.69 bits per heavy atom. The minimum atomic E-state index is 0.315. The van der Waals surface area contributed by atoms with Crippen molar-refractivity contribution in [2.45, 2.75) is 33.1 Å². The Hall–Kier alpha value is -0.340. The van der Waals surface area contributed by atoms with Crippen LogP contribution in [-0.2, 0) is 0 Å². The molecule has 0 fully saturated rings. The van der Waals surface area contributed by atoms with Gasteiger partial charge in [0.05, 0.1) is 0 Å². The van der Waals surface area contributed by atoms with E-state index in [9.17, 15) is 0 Å². The summed E-state index contributed by atoms with van der Waals surface area (Å²) >= 11 is 0. The first-order valence-corrected chi connectivity index (χ1v) is 5.27. The lowest BCUT2D eigenvalue weighted by Crippen LogP contribution is -2.23. The molecule has 0 aliphatic rings. The molecule has 0 aromatic heterocycles. The highest BCUT2D eigenvalue weighted by atomic mass is 16.3. The van der Waals surface area contributed by atoms with Gasteiger partial charge in [-0.25, -0.2) is 0 Å². The molecule has 0 aliphatic carbocycles. The zero-order chi connectivity index (χ0) is 9.94. The van der Waals surface area contributed by atoms with Gasteiger partial charge >= 0.3 is 0 Å². The van der Waals surface area contributed by atoms with Crippen LogP contribution in [0.1, 0.15) is 33.1 Å². The molecule has 1 unspecified atom stereocenters. The van der Waals surface area contributed by atoms with Crippen molar-refractivity contribution >= 4 is 0 Å². The van der Waals surface area contributed by atoms with E-state index in [0.29, 0.717) is 12.5 Å². The van der Waals surface area contributed by atoms with Crippen LogP contribution in [0.4, 0.5) is 0 Å². The molecule has 2 nitrogen and oxygen atoms in total. The monoisotopic (exact) mass is 185 g/mol. The lowest BCUT2D eigenvalue weighted by Gasteiger charge is -2.14. The molecule has 0 aliphatic heterocycles. The number of allylic oxidation sites excluding steroid dienone is 1. The van der Waals surface area contributed by atoms with Crippen molar-refractivity contribution in [3.63, 3.8) is 0 Å². The minimum absolute atomic E-state index is 0.315. The van der Waals surface area contributed by atoms with E-state index < -0.39 is 0 Å². The Morgan fingerprint density at radius 2 is 2.15 bits per heavy atom. The van der Waals surface area contributed by atoms with Gasteiger partial charge in [0.1, 0.15) is 0 Å². The number of rotatable bonds is 8. The first-order valence-electron chi connectivity index (χ1n) is 5.27. The molecule has 0 saturated heterocycles. The highest BCUT2D eigenvalue weighted by Gasteiger charge is 2.05. The SMILES string of the molecule is C/C=C/CNCC(CCC)CCO. The Balaban J connectivity index is 3.43. The number of aliphatic hydroxyl groups excluding tert-OH is 1. The van der Waals surface area contributed by atoms with Crippen molar-refractivity contribution in [2.75, 3.05) is 19.7 Å². The van der Waals surface area contributed by atoms with Gasteiger partial charge in [0.25, 0.3) is 0 Å². The van der Waals surface area contributed by atoms with Crippen molar-refractivity contribution in [1.82, 2.24) is 5.32 Å². The van der Waals surface area contributed by atoms with Crippen molar-refractivity contribution in [1.29, 1.82) is 0 Å². The van der Waals surface area contributed by atoms with Gasteiger partial charge in [-0.15, -0.1) is 0 Å². The van der Waals surface area contributed by atoms with Crippen LogP contribution in [0.3, 0.4) is 0 Å². The zero-order valence-corrected chi connectivity index (χ0v) is 8.92. The molecule has 1 atom stereocenters. The number of aliphatic hydroxyl groups is 1. The van der Waals surface area contributed by atoms with Gasteiger partial charge in [-0.3, -0.25) is 0 Å². The molecule has 13 heavy (non-hydrogen) atoms. The maximum absolute atomic E-state index is 8.82. The average Bonchev–Trinajstić information content (AvgIpc) is 2.13. The van der Waals surface area contributed by atoms with Crippen molar-refractivity contribution in [3.8, 4) is 0 Å². The normalized spacial score (nSPS) is 13.8. The van der Waals surface area contributed by atoms with Gasteiger partial charge in [-0.05, 0) is 32.2 Å². The molecule has 0 saturated carbocycles. The first-order chi connectivity index (χ1) is 6.35. The van der Waals surface area contributed by atoms with Crippen LogP contribution in [-0.4, -0.2) is 24.8 Å². The van der Waals surface area contributed by atoms with Crippen LogP contribution in [0.15, 0.2) is 12.2 Å². The highest BCUT2D eigenvalue weighted by molar-refractivity contribution is 4.79. The van der Waals surface area contributed by atoms with E-state index >= 15 is 0 Å². The molecule has 0 spiro atoms. The summed E-state index contributed by atoms with van der Waals surface area (Å²) in [5.74, 6) is 0.639. The second-order valence-electron chi connectivity index (χ2n) is 3.39. The first kappa shape index (κ1) is 12.7. The van der Waals surface area contributed by atoms with E-state index in [0.717, 1.165) is 19.5 Å². The molecule has 0 rings (SSSR count). The third-order valence-corrected chi connectivity index (χ3v) is 2.17. The van der Waals surface area contributed by atoms with Gasteiger partial charge in [-0.1, -0.05) is 25.5 Å². The summed E-state index contributed by atoms with van der Waals surface area (Å²) in [6, 6.07) is 0. The van der Waals surface area contributed by atoms with Crippen molar-refractivity contribution in [2.24, 2.45) is 5.92 Å². The van der Waals surface area contributed by atoms with E-state index in [-0.39, 0.29) is 0 Å². The number of hydrogen-bond acceptors (Lipinski definition) is 2. The molecule has 0 amide bonds. The summed E-state index contributed by atoms with van der Waals surface area (Å²) in [5.41, 5.74) is 0. The third kappa shape index (κ3) is 8.00. The Morgan fingerprint density at radius 1 is 1.38 bits per heavy atom. The summed E-state index contributed by atoms with van der Waals surface area (Å²) in [5, 5.41) is 12.2. The van der Waals surface area contributed by atoms with Gasteiger partial charge in [-0.2, -0.15) is 0 Å². The van der Waals surface area contributed by atoms with E-state index in [1.165, 1.54) is 12.8 Å². The molecule has 0 bridgehead atoms. The Labute approximate surface area is 82.0 Å².